The molecular weight excluding hydrogens is 306 g/mol. The van der Waals surface area contributed by atoms with E-state index in [-0.39, 0.29) is 6.04 Å². The molecule has 2 heterocycles. The molecule has 0 fully saturated rings. The minimum atomic E-state index is -0.904. The highest BCUT2D eigenvalue weighted by atomic mass is 35.5. The minimum Gasteiger partial charge on any atom is -0.384 e. The Kier molecular flexibility index (Phi) is 4.33. The molecule has 0 saturated carbocycles. The van der Waals surface area contributed by atoms with Crippen LogP contribution in [0.5, 0.6) is 0 Å². The van der Waals surface area contributed by atoms with Gasteiger partial charge in [-0.2, -0.15) is 11.3 Å². The Bertz CT molecular complexity index is 613. The van der Waals surface area contributed by atoms with Crippen molar-refractivity contribution in [2.75, 3.05) is 13.2 Å². The van der Waals surface area contributed by atoms with E-state index < -0.39 is 5.60 Å². The number of hydrogen-bond donors (Lipinski definition) is 2. The molecule has 0 saturated heterocycles. The predicted octanol–water partition coefficient (Wildman–Crippen LogP) is 3.47. The molecule has 1 aromatic carbocycles. The van der Waals surface area contributed by atoms with E-state index >= 15 is 0 Å². The number of ether oxygens (including phenoxy) is 1. The second-order valence-electron chi connectivity index (χ2n) is 5.55. The quantitative estimate of drug-likeness (QED) is 0.905. The lowest BCUT2D eigenvalue weighted by molar-refractivity contribution is 0.0383. The van der Waals surface area contributed by atoms with Gasteiger partial charge in [-0.3, -0.25) is 0 Å². The Hall–Kier alpha value is -0.910. The van der Waals surface area contributed by atoms with Crippen LogP contribution in [0.2, 0.25) is 5.02 Å². The van der Waals surface area contributed by atoms with Crippen LogP contribution in [0, 0.1) is 0 Å². The summed E-state index contributed by atoms with van der Waals surface area (Å²) < 4.78 is 5.62. The van der Waals surface area contributed by atoms with Crippen LogP contribution in [-0.4, -0.2) is 18.3 Å². The molecule has 1 aromatic heterocycles. The number of benzene rings is 1. The molecular formula is C16H18ClNO2S. The fourth-order valence-corrected chi connectivity index (χ4v) is 3.73. The molecule has 2 N–H and O–H groups in total. The number of rotatable bonds is 4. The van der Waals surface area contributed by atoms with Crippen molar-refractivity contribution in [1.29, 1.82) is 0 Å². The molecule has 0 bridgehead atoms. The molecule has 1 aliphatic heterocycles. The van der Waals surface area contributed by atoms with Crippen LogP contribution in [0.25, 0.3) is 0 Å². The fraction of sp³-hybridized carbons (Fsp3) is 0.375. The maximum atomic E-state index is 10.6. The predicted molar refractivity (Wildman–Crippen MR) is 85.7 cm³/mol. The van der Waals surface area contributed by atoms with Gasteiger partial charge in [-0.15, -0.1) is 0 Å². The van der Waals surface area contributed by atoms with Gasteiger partial charge >= 0.3 is 0 Å². The average molecular weight is 324 g/mol. The maximum absolute atomic E-state index is 10.6. The number of aliphatic hydroxyl groups is 1. The smallest absolute Gasteiger partial charge is 0.100 e. The van der Waals surface area contributed by atoms with Crippen molar-refractivity contribution in [3.63, 3.8) is 0 Å². The van der Waals surface area contributed by atoms with Gasteiger partial charge in [0.05, 0.1) is 19.3 Å². The topological polar surface area (TPSA) is 41.5 Å². The second kappa shape index (κ2) is 6.07. The Morgan fingerprint density at radius 3 is 3.10 bits per heavy atom. The van der Waals surface area contributed by atoms with E-state index in [0.29, 0.717) is 19.8 Å². The van der Waals surface area contributed by atoms with Crippen LogP contribution in [0.1, 0.15) is 29.7 Å². The van der Waals surface area contributed by atoms with E-state index in [1.54, 1.807) is 11.3 Å². The highest BCUT2D eigenvalue weighted by molar-refractivity contribution is 7.08. The summed E-state index contributed by atoms with van der Waals surface area (Å²) in [7, 11) is 0. The Morgan fingerprint density at radius 2 is 2.33 bits per heavy atom. The molecule has 21 heavy (non-hydrogen) atoms. The molecule has 0 radical (unpaired) electrons. The summed E-state index contributed by atoms with van der Waals surface area (Å²) in [6, 6.07) is 7.83. The summed E-state index contributed by atoms with van der Waals surface area (Å²) in [5, 5.41) is 18.7. The normalized spacial score (nSPS) is 20.8. The van der Waals surface area contributed by atoms with E-state index in [2.05, 4.69) is 5.32 Å². The van der Waals surface area contributed by atoms with Gasteiger partial charge in [0.25, 0.3) is 0 Å². The molecule has 0 aliphatic carbocycles. The Morgan fingerprint density at radius 1 is 1.48 bits per heavy atom. The molecule has 2 unspecified atom stereocenters. The van der Waals surface area contributed by atoms with Gasteiger partial charge in [0.1, 0.15) is 5.60 Å². The lowest BCUT2D eigenvalue weighted by atomic mass is 9.95. The van der Waals surface area contributed by atoms with Gasteiger partial charge in [0, 0.05) is 11.6 Å². The molecule has 112 valence electrons. The van der Waals surface area contributed by atoms with Crippen molar-refractivity contribution in [1.82, 2.24) is 5.32 Å². The molecule has 2 aromatic rings. The molecule has 3 rings (SSSR count). The monoisotopic (exact) mass is 323 g/mol. The summed E-state index contributed by atoms with van der Waals surface area (Å²) >= 11 is 7.92. The van der Waals surface area contributed by atoms with Gasteiger partial charge < -0.3 is 15.2 Å². The van der Waals surface area contributed by atoms with Gasteiger partial charge in [0.15, 0.2) is 0 Å². The third-order valence-corrected chi connectivity index (χ3v) is 4.88. The van der Waals surface area contributed by atoms with Crippen molar-refractivity contribution < 1.29 is 9.84 Å². The lowest BCUT2D eigenvalue weighted by Gasteiger charge is -2.31. The summed E-state index contributed by atoms with van der Waals surface area (Å²) in [5.41, 5.74) is 2.22. The van der Waals surface area contributed by atoms with E-state index in [0.717, 1.165) is 21.7 Å². The molecule has 2 atom stereocenters. The van der Waals surface area contributed by atoms with Crippen molar-refractivity contribution in [3.05, 3.63) is 56.7 Å². The van der Waals surface area contributed by atoms with Gasteiger partial charge in [-0.1, -0.05) is 23.7 Å². The van der Waals surface area contributed by atoms with Crippen LogP contribution in [0.15, 0.2) is 35.0 Å². The van der Waals surface area contributed by atoms with Crippen LogP contribution >= 0.6 is 22.9 Å². The van der Waals surface area contributed by atoms with E-state index in [1.165, 1.54) is 0 Å². The van der Waals surface area contributed by atoms with Gasteiger partial charge in [-0.25, -0.2) is 0 Å². The first-order chi connectivity index (χ1) is 10.1. The zero-order valence-electron chi connectivity index (χ0n) is 11.8. The third-order valence-electron chi connectivity index (χ3n) is 3.87. The average Bonchev–Trinajstić information content (AvgIpc) is 3.00. The van der Waals surface area contributed by atoms with Crippen LogP contribution in [0.3, 0.4) is 0 Å². The van der Waals surface area contributed by atoms with Crippen molar-refractivity contribution in [2.24, 2.45) is 0 Å². The largest absolute Gasteiger partial charge is 0.384 e. The number of thiophene rings is 1. The maximum Gasteiger partial charge on any atom is 0.100 e. The third kappa shape index (κ3) is 3.15. The molecule has 5 heteroatoms. The summed E-state index contributed by atoms with van der Waals surface area (Å²) in [4.78, 5) is 0. The standard InChI is InChI=1S/C16H18ClNO2S/c1-16(19,12-5-6-21-9-12)10-18-14-8-20-7-11-3-2-4-13(17)15(11)14/h2-6,9,14,18-19H,7-8,10H2,1H3. The molecule has 1 aliphatic rings. The van der Waals surface area contributed by atoms with Gasteiger partial charge in [-0.05, 0) is 46.5 Å². The first kappa shape index (κ1) is 15.0. The summed E-state index contributed by atoms with van der Waals surface area (Å²) in [6.45, 7) is 3.42. The van der Waals surface area contributed by atoms with Gasteiger partial charge in [0.2, 0.25) is 0 Å². The van der Waals surface area contributed by atoms with E-state index in [1.807, 2.05) is 41.9 Å². The van der Waals surface area contributed by atoms with E-state index in [9.17, 15) is 5.11 Å². The summed E-state index contributed by atoms with van der Waals surface area (Å²) in [5.74, 6) is 0. The SMILES string of the molecule is CC(O)(CNC1COCc2cccc(Cl)c21)c1ccsc1. The second-order valence-corrected chi connectivity index (χ2v) is 6.73. The van der Waals surface area contributed by atoms with Crippen LogP contribution in [-0.2, 0) is 16.9 Å². The van der Waals surface area contributed by atoms with Crippen LogP contribution < -0.4 is 5.32 Å². The van der Waals surface area contributed by atoms with Crippen molar-refractivity contribution in [2.45, 2.75) is 25.2 Å². The first-order valence-corrected chi connectivity index (χ1v) is 8.23. The summed E-state index contributed by atoms with van der Waals surface area (Å²) in [6.07, 6.45) is 0. The zero-order chi connectivity index (χ0) is 14.9. The first-order valence-electron chi connectivity index (χ1n) is 6.91. The molecule has 3 nitrogen and oxygen atoms in total. The number of halogens is 1. The fourth-order valence-electron chi connectivity index (χ4n) is 2.62. The van der Waals surface area contributed by atoms with Crippen molar-refractivity contribution >= 4 is 22.9 Å². The number of nitrogens with one attached hydrogen (secondary N) is 1. The molecule has 0 amide bonds. The molecule has 0 spiro atoms. The lowest BCUT2D eigenvalue weighted by Crippen LogP contribution is -2.40. The van der Waals surface area contributed by atoms with Crippen molar-refractivity contribution in [3.8, 4) is 0 Å². The zero-order valence-corrected chi connectivity index (χ0v) is 13.4. The number of hydrogen-bond acceptors (Lipinski definition) is 4. The Labute approximate surface area is 133 Å². The van der Waals surface area contributed by atoms with E-state index in [4.69, 9.17) is 16.3 Å². The van der Waals surface area contributed by atoms with Crippen LogP contribution in [0.4, 0.5) is 0 Å². The number of fused-ring (bicyclic) bond motifs is 1. The minimum absolute atomic E-state index is 0.00700. The highest BCUT2D eigenvalue weighted by Gasteiger charge is 2.28. The Balaban J connectivity index is 1.76. The highest BCUT2D eigenvalue weighted by Crippen LogP contribution is 2.32.